The zero-order valence-corrected chi connectivity index (χ0v) is 92.9. The van der Waals surface area contributed by atoms with E-state index in [0.29, 0.717) is 127 Å². The molecule has 0 amide bonds. The summed E-state index contributed by atoms with van der Waals surface area (Å²) in [6.45, 7) is 20.8. The van der Waals surface area contributed by atoms with Crippen molar-refractivity contribution in [3.05, 3.63) is 0 Å². The zero-order chi connectivity index (χ0) is 98.9. The fraction of sp³-hybridized carbons (Fsp3) is 0.917. The number of hydrogen-bond acceptors (Lipinski definition) is 27. The summed E-state index contributed by atoms with van der Waals surface area (Å²) in [5.74, 6) is -1.07. The van der Waals surface area contributed by atoms with Gasteiger partial charge in [-0.2, -0.15) is 0 Å². The summed E-state index contributed by atoms with van der Waals surface area (Å²) in [5, 5.41) is 0. The fourth-order valence-corrected chi connectivity index (χ4v) is 21.7. The van der Waals surface area contributed by atoms with Crippen molar-refractivity contribution in [3.63, 3.8) is 0 Å². The number of carbonyl (C=O) groups is 9. The lowest BCUT2D eigenvalue weighted by molar-refractivity contribution is -0.158. The van der Waals surface area contributed by atoms with Gasteiger partial charge in [-0.25, -0.2) is 0 Å². The largest absolute Gasteiger partial charge is 0.466 e. The first-order valence-electron chi connectivity index (χ1n) is 56.0. The van der Waals surface area contributed by atoms with Crippen LogP contribution in [0.4, 0.5) is 0 Å². The van der Waals surface area contributed by atoms with Gasteiger partial charge >= 0.3 is 53.7 Å². The van der Waals surface area contributed by atoms with E-state index in [2.05, 4.69) is 56.2 Å². The number of unbranched alkanes of at least 4 members (excludes halogenated alkanes) is 54. The Morgan fingerprint density at radius 1 is 0.169 bits per heavy atom. The third-order valence-electron chi connectivity index (χ3n) is 24.7. The van der Waals surface area contributed by atoms with E-state index in [1.54, 1.807) is 43.2 Å². The minimum Gasteiger partial charge on any atom is -0.466 e. The van der Waals surface area contributed by atoms with Crippen molar-refractivity contribution >= 4 is 118 Å². The fourth-order valence-electron chi connectivity index (χ4n) is 16.1. The van der Waals surface area contributed by atoms with Crippen LogP contribution in [-0.2, 0) is 85.8 Å². The maximum atomic E-state index is 14.0. The van der Waals surface area contributed by atoms with Gasteiger partial charge in [-0.05, 0) is 51.5 Å². The standard InChI is InChI=1S/C109H205N3O18S6/c1-7-13-19-25-31-37-43-49-55-61-83-122-101(113)68-75-110(76-69-102(114)123-84-62-56-50-44-38-32-26-20-14-8-2)74-67-92-131-134-95-89-128-107(119)98-100(109(121)130-91-97-136-133-94-82-112(79-72-105(117)126-87-65-59-53-47-41-35-29-23-17-11-5)80-73-106(118)127-88-66-60-54-48-42-36-30-24-18-12-6)99-108(120)129-90-96-135-132-93-81-111(77-70-103(115)124-85-63-57-51-45-39-33-27-21-15-9-3)78-71-104(116)125-86-64-58-52-46-40-34-28-22-16-10-4/h100H,7-99H2,1-6H3. The molecule has 0 aliphatic carbocycles. The van der Waals surface area contributed by atoms with Crippen LogP contribution in [0.15, 0.2) is 0 Å². The molecule has 0 spiro atoms. The molecule has 0 fully saturated rings. The summed E-state index contributed by atoms with van der Waals surface area (Å²) in [6, 6.07) is 0. The Morgan fingerprint density at radius 2 is 0.338 bits per heavy atom. The van der Waals surface area contributed by atoms with Crippen molar-refractivity contribution in [2.24, 2.45) is 5.92 Å². The van der Waals surface area contributed by atoms with Crippen molar-refractivity contribution in [3.8, 4) is 0 Å². The van der Waals surface area contributed by atoms with Crippen molar-refractivity contribution in [2.45, 2.75) is 485 Å². The average molecular weight is 2040 g/mol. The molecule has 0 radical (unpaired) electrons. The van der Waals surface area contributed by atoms with E-state index in [9.17, 15) is 43.2 Å². The summed E-state index contributed by atoms with van der Waals surface area (Å²) < 4.78 is 51.1. The molecular formula is C109H205N3O18S6. The normalized spacial score (nSPS) is 11.7. The first-order chi connectivity index (χ1) is 66.7. The Hall–Kier alpha value is -2.79. The highest BCUT2D eigenvalue weighted by Crippen LogP contribution is 2.27. The smallest absolute Gasteiger partial charge is 0.310 e. The van der Waals surface area contributed by atoms with Crippen LogP contribution in [0.5, 0.6) is 0 Å². The van der Waals surface area contributed by atoms with Gasteiger partial charge < -0.3 is 57.3 Å². The highest BCUT2D eigenvalue weighted by molar-refractivity contribution is 8.77. The second-order valence-corrected chi connectivity index (χ2v) is 45.5. The molecule has 1 unspecified atom stereocenters. The minimum atomic E-state index is -1.15. The molecule has 136 heavy (non-hydrogen) atoms. The Bertz CT molecular complexity index is 2560. The quantitative estimate of drug-likeness (QED) is 0.0238. The Kier molecular flexibility index (Phi) is 107. The highest BCUT2D eigenvalue weighted by atomic mass is 33.1. The monoisotopic (exact) mass is 2040 g/mol. The lowest BCUT2D eigenvalue weighted by Crippen LogP contribution is -2.31. The number of nitrogens with zero attached hydrogens (tertiary/aromatic N) is 3. The van der Waals surface area contributed by atoms with Gasteiger partial charge in [-0.1, -0.05) is 453 Å². The Labute approximate surface area is 856 Å². The van der Waals surface area contributed by atoms with E-state index in [4.69, 9.17) is 42.6 Å². The van der Waals surface area contributed by atoms with E-state index < -0.39 is 23.8 Å². The third kappa shape index (κ3) is 101. The molecule has 0 bridgehead atoms. The van der Waals surface area contributed by atoms with Crippen LogP contribution in [0.3, 0.4) is 0 Å². The summed E-state index contributed by atoms with van der Waals surface area (Å²) in [6.07, 6.45) is 73.5. The molecule has 0 saturated carbocycles. The molecule has 0 N–H and O–H groups in total. The average Bonchev–Trinajstić information content (AvgIpc) is 0.929. The lowest BCUT2D eigenvalue weighted by Gasteiger charge is -2.21. The second kappa shape index (κ2) is 109. The summed E-state index contributed by atoms with van der Waals surface area (Å²) in [5.41, 5.74) is 0. The van der Waals surface area contributed by atoms with Gasteiger partial charge in [-0.3, -0.25) is 43.2 Å². The van der Waals surface area contributed by atoms with Gasteiger partial charge in [-0.15, -0.1) is 0 Å². The van der Waals surface area contributed by atoms with E-state index in [0.717, 1.165) is 128 Å². The molecule has 0 aromatic heterocycles. The van der Waals surface area contributed by atoms with Gasteiger partial charge in [0.2, 0.25) is 0 Å². The van der Waals surface area contributed by atoms with Gasteiger partial charge in [0, 0.05) is 86.9 Å². The number of ether oxygens (including phenoxy) is 9. The van der Waals surface area contributed by atoms with Crippen LogP contribution in [0.25, 0.3) is 0 Å². The molecular weight excluding hydrogens is 1830 g/mol. The predicted octanol–water partition coefficient (Wildman–Crippen LogP) is 29.6. The van der Waals surface area contributed by atoms with E-state index in [1.807, 2.05) is 0 Å². The topological polar surface area (TPSA) is 246 Å². The van der Waals surface area contributed by atoms with Crippen LogP contribution in [-0.4, -0.2) is 221 Å². The molecule has 0 aliphatic heterocycles. The van der Waals surface area contributed by atoms with Gasteiger partial charge in [0.05, 0.1) is 96.9 Å². The molecule has 21 nitrogen and oxygen atoms in total. The molecule has 0 aromatic rings. The SMILES string of the molecule is CCCCCCCCCCCCOC(=O)CCN(CCCSSCCOC(=O)CC(CC(=O)OCCSSCCN(CCC(=O)OCCCCCCCCCCCC)CCC(=O)OCCCCCCCCCCCC)C(=O)OCCSSCCN(CCC(=O)OCCCCCCCCCCCC)CCC(=O)OCCCCCCCCCCCC)CCC(=O)OCCCCCCCCCCCC. The minimum absolute atomic E-state index is 0.0264. The zero-order valence-electron chi connectivity index (χ0n) is 88.0. The molecule has 0 rings (SSSR count). The first kappa shape index (κ1) is 133. The highest BCUT2D eigenvalue weighted by Gasteiger charge is 2.29. The van der Waals surface area contributed by atoms with Crippen molar-refractivity contribution in [2.75, 3.05) is 153 Å². The third-order valence-corrected chi connectivity index (χ3v) is 31.9. The van der Waals surface area contributed by atoms with Crippen LogP contribution in [0.2, 0.25) is 0 Å². The van der Waals surface area contributed by atoms with Crippen molar-refractivity contribution in [1.82, 2.24) is 14.7 Å². The number of carbonyl (C=O) groups excluding carboxylic acids is 9. The summed E-state index contributed by atoms with van der Waals surface area (Å²) >= 11 is 0. The van der Waals surface area contributed by atoms with E-state index >= 15 is 0 Å². The van der Waals surface area contributed by atoms with Crippen LogP contribution < -0.4 is 0 Å². The molecule has 800 valence electrons. The second-order valence-electron chi connectivity index (χ2n) is 37.4. The van der Waals surface area contributed by atoms with Gasteiger partial charge in [0.1, 0.15) is 19.8 Å². The van der Waals surface area contributed by atoms with Gasteiger partial charge in [0.15, 0.2) is 0 Å². The summed E-state index contributed by atoms with van der Waals surface area (Å²) in [4.78, 5) is 126. The molecule has 1 atom stereocenters. The van der Waals surface area contributed by atoms with Crippen LogP contribution >= 0.6 is 64.8 Å². The number of esters is 9. The number of rotatable bonds is 111. The lowest BCUT2D eigenvalue weighted by atomic mass is 10.0. The number of hydrogen-bond donors (Lipinski definition) is 0. The predicted molar refractivity (Wildman–Crippen MR) is 579 cm³/mol. The molecule has 0 aliphatic rings. The van der Waals surface area contributed by atoms with Crippen LogP contribution in [0.1, 0.15) is 485 Å². The molecule has 0 heterocycles. The van der Waals surface area contributed by atoms with Crippen molar-refractivity contribution < 1.29 is 85.8 Å². The summed E-state index contributed by atoms with van der Waals surface area (Å²) in [7, 11) is 9.44. The van der Waals surface area contributed by atoms with E-state index in [-0.39, 0.29) is 107 Å². The maximum absolute atomic E-state index is 14.0. The maximum Gasteiger partial charge on any atom is 0.310 e. The Balaban J connectivity index is 6.04. The molecule has 0 saturated heterocycles. The van der Waals surface area contributed by atoms with Gasteiger partial charge in [0.25, 0.3) is 0 Å². The molecule has 27 heteroatoms. The van der Waals surface area contributed by atoms with E-state index in [1.165, 1.54) is 291 Å². The first-order valence-corrected chi connectivity index (χ1v) is 63.5. The van der Waals surface area contributed by atoms with Crippen LogP contribution in [0, 0.1) is 5.92 Å². The molecule has 0 aromatic carbocycles. The Morgan fingerprint density at radius 3 is 0.551 bits per heavy atom. The van der Waals surface area contributed by atoms with Crippen molar-refractivity contribution in [1.29, 1.82) is 0 Å².